The van der Waals surface area contributed by atoms with Gasteiger partial charge < -0.3 is 10.6 Å². The molecule has 2 rings (SSSR count). The zero-order valence-electron chi connectivity index (χ0n) is 11.5. The van der Waals surface area contributed by atoms with Gasteiger partial charge in [0.1, 0.15) is 5.82 Å². The van der Waals surface area contributed by atoms with Crippen molar-refractivity contribution in [1.82, 2.24) is 14.7 Å². The summed E-state index contributed by atoms with van der Waals surface area (Å²) in [7, 11) is 2.17. The van der Waals surface area contributed by atoms with Crippen LogP contribution in [-0.4, -0.2) is 34.8 Å². The number of aromatic nitrogens is 2. The van der Waals surface area contributed by atoms with Gasteiger partial charge in [-0.3, -0.25) is 4.68 Å². The van der Waals surface area contributed by atoms with Crippen LogP contribution in [0.4, 0.5) is 5.82 Å². The second kappa shape index (κ2) is 6.95. The second-order valence-electron chi connectivity index (χ2n) is 4.90. The van der Waals surface area contributed by atoms with E-state index >= 15 is 0 Å². The molecule has 0 amide bonds. The minimum absolute atomic E-state index is 0.595. The normalized spacial score (nSPS) is 11.1. The Labute approximate surface area is 114 Å². The summed E-state index contributed by atoms with van der Waals surface area (Å²) in [5.41, 5.74) is 6.98. The molecule has 0 radical (unpaired) electrons. The molecule has 4 heteroatoms. The zero-order chi connectivity index (χ0) is 13.5. The summed E-state index contributed by atoms with van der Waals surface area (Å²) in [6, 6.07) is 12.4. The Kier molecular flexibility index (Phi) is 4.98. The van der Waals surface area contributed by atoms with Crippen LogP contribution in [0.2, 0.25) is 0 Å². The number of nitrogen functional groups attached to an aromatic ring is 1. The van der Waals surface area contributed by atoms with Crippen LogP contribution >= 0.6 is 0 Å². The van der Waals surface area contributed by atoms with Crippen molar-refractivity contribution >= 4 is 5.82 Å². The molecule has 0 aliphatic carbocycles. The van der Waals surface area contributed by atoms with E-state index in [2.05, 4.69) is 47.4 Å². The van der Waals surface area contributed by atoms with Crippen molar-refractivity contribution in [2.75, 3.05) is 25.9 Å². The Morgan fingerprint density at radius 2 is 1.95 bits per heavy atom. The molecule has 1 aromatic heterocycles. The third-order valence-electron chi connectivity index (χ3n) is 3.21. The van der Waals surface area contributed by atoms with Crippen LogP contribution in [0.15, 0.2) is 42.6 Å². The summed E-state index contributed by atoms with van der Waals surface area (Å²) < 4.78 is 1.90. The SMILES string of the molecule is CN(CCCn1ccc(N)n1)CCc1ccccc1. The van der Waals surface area contributed by atoms with Gasteiger partial charge in [0.2, 0.25) is 0 Å². The fourth-order valence-corrected chi connectivity index (χ4v) is 2.08. The minimum atomic E-state index is 0.595. The maximum absolute atomic E-state index is 5.58. The largest absolute Gasteiger partial charge is 0.382 e. The topological polar surface area (TPSA) is 47.1 Å². The monoisotopic (exact) mass is 258 g/mol. The van der Waals surface area contributed by atoms with Crippen LogP contribution in [0.5, 0.6) is 0 Å². The standard InChI is InChI=1S/C15H22N4/c1-18(12-8-14-6-3-2-4-7-14)10-5-11-19-13-9-15(16)17-19/h2-4,6-7,9,13H,5,8,10-12H2,1H3,(H2,16,17). The predicted octanol–water partition coefficient (Wildman–Crippen LogP) is 2.03. The summed E-state index contributed by atoms with van der Waals surface area (Å²) in [6.07, 6.45) is 4.12. The van der Waals surface area contributed by atoms with Gasteiger partial charge in [0.05, 0.1) is 0 Å². The average molecular weight is 258 g/mol. The van der Waals surface area contributed by atoms with Gasteiger partial charge in [-0.25, -0.2) is 0 Å². The molecule has 1 aromatic carbocycles. The van der Waals surface area contributed by atoms with E-state index in [1.165, 1.54) is 5.56 Å². The van der Waals surface area contributed by atoms with Crippen LogP contribution in [0.25, 0.3) is 0 Å². The van der Waals surface area contributed by atoms with Gasteiger partial charge in [0, 0.05) is 19.3 Å². The van der Waals surface area contributed by atoms with Crippen molar-refractivity contribution in [2.45, 2.75) is 19.4 Å². The highest BCUT2D eigenvalue weighted by atomic mass is 15.3. The second-order valence-corrected chi connectivity index (χ2v) is 4.90. The van der Waals surface area contributed by atoms with Crippen molar-refractivity contribution in [2.24, 2.45) is 0 Å². The van der Waals surface area contributed by atoms with Crippen molar-refractivity contribution < 1.29 is 0 Å². The number of aryl methyl sites for hydroxylation is 1. The van der Waals surface area contributed by atoms with E-state index in [-0.39, 0.29) is 0 Å². The van der Waals surface area contributed by atoms with Crippen molar-refractivity contribution in [3.8, 4) is 0 Å². The highest BCUT2D eigenvalue weighted by Gasteiger charge is 2.00. The van der Waals surface area contributed by atoms with Gasteiger partial charge in [0.25, 0.3) is 0 Å². The lowest BCUT2D eigenvalue weighted by atomic mass is 10.1. The van der Waals surface area contributed by atoms with Crippen molar-refractivity contribution in [3.05, 3.63) is 48.2 Å². The summed E-state index contributed by atoms with van der Waals surface area (Å²) in [4.78, 5) is 2.36. The summed E-state index contributed by atoms with van der Waals surface area (Å²) in [5.74, 6) is 0.595. The summed E-state index contributed by atoms with van der Waals surface area (Å²) >= 11 is 0. The van der Waals surface area contributed by atoms with Crippen LogP contribution in [0.1, 0.15) is 12.0 Å². The predicted molar refractivity (Wildman–Crippen MR) is 78.9 cm³/mol. The number of nitrogens with zero attached hydrogens (tertiary/aromatic N) is 3. The van der Waals surface area contributed by atoms with Gasteiger partial charge in [-0.1, -0.05) is 30.3 Å². The number of hydrogen-bond acceptors (Lipinski definition) is 3. The molecule has 0 fully saturated rings. The molecule has 1 heterocycles. The maximum atomic E-state index is 5.58. The van der Waals surface area contributed by atoms with E-state index in [1.54, 1.807) is 0 Å². The van der Waals surface area contributed by atoms with E-state index in [9.17, 15) is 0 Å². The molecular weight excluding hydrogens is 236 g/mol. The molecule has 0 aliphatic heterocycles. The molecule has 102 valence electrons. The van der Waals surface area contributed by atoms with E-state index < -0.39 is 0 Å². The number of nitrogens with two attached hydrogens (primary N) is 1. The molecule has 19 heavy (non-hydrogen) atoms. The third-order valence-corrected chi connectivity index (χ3v) is 3.21. The van der Waals surface area contributed by atoms with Gasteiger partial charge in [0.15, 0.2) is 0 Å². The van der Waals surface area contributed by atoms with Crippen LogP contribution in [0, 0.1) is 0 Å². The molecule has 0 atom stereocenters. The Balaban J connectivity index is 1.63. The van der Waals surface area contributed by atoms with Crippen molar-refractivity contribution in [1.29, 1.82) is 0 Å². The molecule has 2 N–H and O–H groups in total. The molecule has 0 aliphatic rings. The molecule has 2 aromatic rings. The molecule has 0 bridgehead atoms. The van der Waals surface area contributed by atoms with Gasteiger partial charge in [-0.2, -0.15) is 5.10 Å². The first-order chi connectivity index (χ1) is 9.24. The molecule has 0 unspecified atom stereocenters. The number of hydrogen-bond donors (Lipinski definition) is 1. The smallest absolute Gasteiger partial charge is 0.145 e. The first-order valence-corrected chi connectivity index (χ1v) is 6.75. The number of anilines is 1. The Morgan fingerprint density at radius 1 is 1.16 bits per heavy atom. The number of likely N-dealkylation sites (N-methyl/N-ethyl adjacent to an activating group) is 1. The van der Waals surface area contributed by atoms with Crippen LogP contribution in [0.3, 0.4) is 0 Å². The fourth-order valence-electron chi connectivity index (χ4n) is 2.08. The van der Waals surface area contributed by atoms with Gasteiger partial charge in [-0.05, 0) is 38.1 Å². The molecule has 0 saturated carbocycles. The molecule has 0 saturated heterocycles. The zero-order valence-corrected chi connectivity index (χ0v) is 11.5. The summed E-state index contributed by atoms with van der Waals surface area (Å²) in [6.45, 7) is 3.09. The molecule has 4 nitrogen and oxygen atoms in total. The number of benzene rings is 1. The van der Waals surface area contributed by atoms with E-state index in [0.717, 1.165) is 32.5 Å². The summed E-state index contributed by atoms with van der Waals surface area (Å²) in [5, 5.41) is 4.18. The molecule has 0 spiro atoms. The van der Waals surface area contributed by atoms with E-state index in [1.807, 2.05) is 16.9 Å². The first kappa shape index (κ1) is 13.6. The maximum Gasteiger partial charge on any atom is 0.145 e. The Hall–Kier alpha value is -1.81. The highest BCUT2D eigenvalue weighted by molar-refractivity contribution is 5.23. The van der Waals surface area contributed by atoms with Gasteiger partial charge in [-0.15, -0.1) is 0 Å². The van der Waals surface area contributed by atoms with Crippen molar-refractivity contribution in [3.63, 3.8) is 0 Å². The lowest BCUT2D eigenvalue weighted by Gasteiger charge is -2.16. The third kappa shape index (κ3) is 4.75. The quantitative estimate of drug-likeness (QED) is 0.826. The van der Waals surface area contributed by atoms with E-state index in [0.29, 0.717) is 5.82 Å². The fraction of sp³-hybridized carbons (Fsp3) is 0.400. The average Bonchev–Trinajstić information content (AvgIpc) is 2.83. The number of rotatable bonds is 7. The lowest BCUT2D eigenvalue weighted by molar-refractivity contribution is 0.322. The molecular formula is C15H22N4. The van der Waals surface area contributed by atoms with Crippen LogP contribution in [-0.2, 0) is 13.0 Å². The van der Waals surface area contributed by atoms with E-state index in [4.69, 9.17) is 5.73 Å². The Morgan fingerprint density at radius 3 is 2.63 bits per heavy atom. The Bertz CT molecular complexity index is 478. The lowest BCUT2D eigenvalue weighted by Crippen LogP contribution is -2.23. The first-order valence-electron chi connectivity index (χ1n) is 6.75. The minimum Gasteiger partial charge on any atom is -0.382 e. The highest BCUT2D eigenvalue weighted by Crippen LogP contribution is 2.02. The van der Waals surface area contributed by atoms with Crippen LogP contribution < -0.4 is 5.73 Å². The van der Waals surface area contributed by atoms with Gasteiger partial charge >= 0.3 is 0 Å².